The maximum Gasteiger partial charge on any atom is 0.243 e. The number of benzene rings is 2. The summed E-state index contributed by atoms with van der Waals surface area (Å²) in [6.07, 6.45) is 0. The maximum atomic E-state index is 11.9. The zero-order chi connectivity index (χ0) is 19.3. The van der Waals surface area contributed by atoms with Gasteiger partial charge in [-0.05, 0) is 37.1 Å². The van der Waals surface area contributed by atoms with E-state index in [4.69, 9.17) is 5.73 Å². The van der Waals surface area contributed by atoms with Gasteiger partial charge in [0.2, 0.25) is 5.91 Å². The topological polar surface area (TPSA) is 61.6 Å². The smallest absolute Gasteiger partial charge is 0.243 e. The molecule has 0 atom stereocenters. The Hall–Kier alpha value is -2.21. The minimum absolute atomic E-state index is 0.176. The fraction of sp³-hybridized carbons (Fsp3) is 0.409. The lowest BCUT2D eigenvalue weighted by Crippen LogP contribution is -2.45. The number of nitrogens with two attached hydrogens (primary N) is 1. The quantitative estimate of drug-likeness (QED) is 0.825. The van der Waals surface area contributed by atoms with Crippen LogP contribution in [0.1, 0.15) is 25.0 Å². The van der Waals surface area contributed by atoms with Crippen molar-refractivity contribution in [3.05, 3.63) is 65.7 Å². The monoisotopic (exact) mass is 366 g/mol. The molecule has 0 unspecified atom stereocenters. The molecule has 0 aliphatic carbocycles. The van der Waals surface area contributed by atoms with Gasteiger partial charge in [-0.15, -0.1) is 0 Å². The molecule has 5 nitrogen and oxygen atoms in total. The highest BCUT2D eigenvalue weighted by Crippen LogP contribution is 2.15. The summed E-state index contributed by atoms with van der Waals surface area (Å²) in [4.78, 5) is 16.9. The van der Waals surface area contributed by atoms with E-state index in [9.17, 15) is 4.79 Å². The van der Waals surface area contributed by atoms with Gasteiger partial charge in [-0.1, -0.05) is 42.5 Å². The van der Waals surface area contributed by atoms with E-state index in [2.05, 4.69) is 57.6 Å². The van der Waals surface area contributed by atoms with Crippen LogP contribution in [0.4, 0.5) is 5.69 Å². The molecule has 0 radical (unpaired) electrons. The predicted octanol–water partition coefficient (Wildman–Crippen LogP) is 2.68. The highest BCUT2D eigenvalue weighted by molar-refractivity contribution is 5.97. The van der Waals surface area contributed by atoms with E-state index in [1.54, 1.807) is 13.8 Å². The van der Waals surface area contributed by atoms with Crippen molar-refractivity contribution in [1.82, 2.24) is 9.80 Å². The largest absolute Gasteiger partial charge is 0.325 e. The fourth-order valence-electron chi connectivity index (χ4n) is 3.19. The number of amides is 1. The molecule has 3 rings (SSSR count). The predicted molar refractivity (Wildman–Crippen MR) is 110 cm³/mol. The van der Waals surface area contributed by atoms with Crippen molar-refractivity contribution in [2.24, 2.45) is 5.73 Å². The Balaban J connectivity index is 1.45. The van der Waals surface area contributed by atoms with Crippen LogP contribution in [0.25, 0.3) is 0 Å². The highest BCUT2D eigenvalue weighted by Gasteiger charge is 2.22. The van der Waals surface area contributed by atoms with E-state index >= 15 is 0 Å². The van der Waals surface area contributed by atoms with Crippen molar-refractivity contribution >= 4 is 11.6 Å². The van der Waals surface area contributed by atoms with Crippen LogP contribution in [0.5, 0.6) is 0 Å². The molecule has 0 saturated carbocycles. The number of hydrogen-bond acceptors (Lipinski definition) is 4. The molecule has 3 N–H and O–H groups in total. The van der Waals surface area contributed by atoms with Gasteiger partial charge in [-0.3, -0.25) is 14.6 Å². The Morgan fingerprint density at radius 1 is 0.889 bits per heavy atom. The molecule has 144 valence electrons. The summed E-state index contributed by atoms with van der Waals surface area (Å²) in [5.41, 5.74) is 8.37. The molecule has 1 heterocycles. The van der Waals surface area contributed by atoms with Crippen molar-refractivity contribution in [1.29, 1.82) is 0 Å². The molecule has 0 bridgehead atoms. The van der Waals surface area contributed by atoms with Gasteiger partial charge in [0.05, 0.1) is 5.54 Å². The average molecular weight is 367 g/mol. The fourth-order valence-corrected chi connectivity index (χ4v) is 3.19. The number of hydrogen-bond donors (Lipinski definition) is 2. The Morgan fingerprint density at radius 3 is 1.85 bits per heavy atom. The van der Waals surface area contributed by atoms with E-state index in [0.29, 0.717) is 0 Å². The lowest BCUT2D eigenvalue weighted by Gasteiger charge is -2.34. The number of carbonyl (C=O) groups is 1. The summed E-state index contributed by atoms with van der Waals surface area (Å²) in [5, 5.41) is 2.86. The number of rotatable bonds is 6. The van der Waals surface area contributed by atoms with E-state index in [1.165, 1.54) is 11.1 Å². The molecule has 2 aromatic carbocycles. The summed E-state index contributed by atoms with van der Waals surface area (Å²) in [7, 11) is 0. The Bertz CT molecular complexity index is 729. The number of nitrogens with one attached hydrogen (secondary N) is 1. The van der Waals surface area contributed by atoms with E-state index in [-0.39, 0.29) is 5.91 Å². The second kappa shape index (κ2) is 8.65. The molecule has 1 aliphatic rings. The molecular formula is C22H30N4O. The number of anilines is 1. The molecule has 1 aliphatic heterocycles. The first-order valence-electron chi connectivity index (χ1n) is 9.58. The second-order valence-electron chi connectivity index (χ2n) is 7.91. The number of carbonyl (C=O) groups excluding carboxylic acids is 1. The first-order chi connectivity index (χ1) is 12.9. The lowest BCUT2D eigenvalue weighted by atomic mass is 10.1. The summed E-state index contributed by atoms with van der Waals surface area (Å²) in [6.45, 7) is 9.71. The van der Waals surface area contributed by atoms with Crippen LogP contribution in [-0.4, -0.2) is 47.4 Å². The molecule has 0 spiro atoms. The van der Waals surface area contributed by atoms with Crippen molar-refractivity contribution in [2.45, 2.75) is 32.5 Å². The minimum atomic E-state index is -0.877. The second-order valence-corrected chi connectivity index (χ2v) is 7.91. The minimum Gasteiger partial charge on any atom is -0.325 e. The third kappa shape index (κ3) is 5.89. The lowest BCUT2D eigenvalue weighted by molar-refractivity contribution is -0.120. The van der Waals surface area contributed by atoms with Gasteiger partial charge in [-0.2, -0.15) is 0 Å². The first-order valence-corrected chi connectivity index (χ1v) is 9.58. The molecular weight excluding hydrogens is 336 g/mol. The van der Waals surface area contributed by atoms with E-state index in [1.807, 2.05) is 12.1 Å². The van der Waals surface area contributed by atoms with Crippen LogP contribution in [0.2, 0.25) is 0 Å². The molecule has 0 aromatic heterocycles. The SMILES string of the molecule is CC(C)(N)C(=O)Nc1ccc(CN2CCN(Cc3ccccc3)CC2)cc1. The third-order valence-corrected chi connectivity index (χ3v) is 4.92. The summed E-state index contributed by atoms with van der Waals surface area (Å²) >= 11 is 0. The van der Waals surface area contributed by atoms with Gasteiger partial charge in [0.25, 0.3) is 0 Å². The van der Waals surface area contributed by atoms with Crippen LogP contribution in [0, 0.1) is 0 Å². The van der Waals surface area contributed by atoms with Crippen LogP contribution < -0.4 is 11.1 Å². The van der Waals surface area contributed by atoms with E-state index in [0.717, 1.165) is 45.0 Å². The van der Waals surface area contributed by atoms with Gasteiger partial charge < -0.3 is 11.1 Å². The van der Waals surface area contributed by atoms with Crippen molar-refractivity contribution in [3.63, 3.8) is 0 Å². The Kier molecular flexibility index (Phi) is 6.26. The molecule has 1 amide bonds. The van der Waals surface area contributed by atoms with Crippen LogP contribution >= 0.6 is 0 Å². The normalized spacial score (nSPS) is 16.3. The summed E-state index contributed by atoms with van der Waals surface area (Å²) in [5.74, 6) is -0.176. The standard InChI is InChI=1S/C22H30N4O/c1-22(2,23)21(27)24-20-10-8-19(9-11-20)17-26-14-12-25(13-15-26)16-18-6-4-3-5-7-18/h3-11H,12-17,23H2,1-2H3,(H,24,27). The first kappa shape index (κ1) is 19.5. The van der Waals surface area contributed by atoms with E-state index < -0.39 is 5.54 Å². The maximum absolute atomic E-state index is 11.9. The van der Waals surface area contributed by atoms with Crippen molar-refractivity contribution in [2.75, 3.05) is 31.5 Å². The number of nitrogens with zero attached hydrogens (tertiary/aromatic N) is 2. The molecule has 5 heteroatoms. The van der Waals surface area contributed by atoms with Crippen LogP contribution in [-0.2, 0) is 17.9 Å². The van der Waals surface area contributed by atoms with Crippen LogP contribution in [0.3, 0.4) is 0 Å². The zero-order valence-electron chi connectivity index (χ0n) is 16.3. The van der Waals surface area contributed by atoms with Crippen molar-refractivity contribution in [3.8, 4) is 0 Å². The highest BCUT2D eigenvalue weighted by atomic mass is 16.2. The van der Waals surface area contributed by atoms with Gasteiger partial charge in [-0.25, -0.2) is 0 Å². The van der Waals surface area contributed by atoms with Gasteiger partial charge >= 0.3 is 0 Å². The molecule has 1 saturated heterocycles. The van der Waals surface area contributed by atoms with Gasteiger partial charge in [0, 0.05) is 45.0 Å². The summed E-state index contributed by atoms with van der Waals surface area (Å²) < 4.78 is 0. The van der Waals surface area contributed by atoms with Gasteiger partial charge in [0.1, 0.15) is 0 Å². The van der Waals surface area contributed by atoms with Gasteiger partial charge in [0.15, 0.2) is 0 Å². The Morgan fingerprint density at radius 2 is 1.37 bits per heavy atom. The number of piperazine rings is 1. The third-order valence-electron chi connectivity index (χ3n) is 4.92. The van der Waals surface area contributed by atoms with Crippen molar-refractivity contribution < 1.29 is 4.79 Å². The molecule has 2 aromatic rings. The Labute approximate surface area is 162 Å². The summed E-state index contributed by atoms with van der Waals surface area (Å²) in [6, 6.07) is 18.7. The average Bonchev–Trinajstić information content (AvgIpc) is 2.65. The molecule has 1 fully saturated rings. The zero-order valence-corrected chi connectivity index (χ0v) is 16.3. The molecule has 27 heavy (non-hydrogen) atoms. The van der Waals surface area contributed by atoms with Crippen LogP contribution in [0.15, 0.2) is 54.6 Å².